The monoisotopic (exact) mass is 135 g/mol. The van der Waals surface area contributed by atoms with Gasteiger partial charge in [-0.1, -0.05) is 37.1 Å². The van der Waals surface area contributed by atoms with Crippen molar-refractivity contribution in [2.45, 2.75) is 32.1 Å². The zero-order valence-corrected chi connectivity index (χ0v) is 6.42. The fourth-order valence-electron chi connectivity index (χ4n) is 1.11. The van der Waals surface area contributed by atoms with Gasteiger partial charge >= 0.3 is 0 Å². The van der Waals surface area contributed by atoms with Crippen LogP contribution in [0.5, 0.6) is 0 Å². The topological polar surface area (TPSA) is 0 Å². The van der Waals surface area contributed by atoms with Crippen molar-refractivity contribution in [2.24, 2.45) is 0 Å². The molecule has 0 atom stereocenters. The predicted octanol–water partition coefficient (Wildman–Crippen LogP) is 3.27. The molecule has 0 amide bonds. The second-order valence-corrected chi connectivity index (χ2v) is 2.69. The predicted molar refractivity (Wildman–Crippen MR) is 45.7 cm³/mol. The summed E-state index contributed by atoms with van der Waals surface area (Å²) in [4.78, 5) is 0. The molecule has 0 spiro atoms. The molecule has 0 heteroatoms. The minimum atomic E-state index is 1.25. The lowest BCUT2D eigenvalue weighted by Crippen LogP contribution is -1.78. The highest BCUT2D eigenvalue weighted by atomic mass is 13.9. The van der Waals surface area contributed by atoms with Crippen LogP contribution in [0.15, 0.2) is 24.3 Å². The molecule has 0 fully saturated rings. The van der Waals surface area contributed by atoms with Crippen LogP contribution in [0.3, 0.4) is 0 Å². The Morgan fingerprint density at radius 3 is 2.60 bits per heavy atom. The highest BCUT2D eigenvalue weighted by molar-refractivity contribution is 5.07. The van der Waals surface area contributed by atoms with Crippen molar-refractivity contribution < 1.29 is 0 Å². The van der Waals surface area contributed by atoms with Gasteiger partial charge in [0.1, 0.15) is 0 Å². The molecule has 1 rings (SSSR count). The standard InChI is InChI=1S/C10H15/c1-2-4-6-8-10-9-7-5-3-1/h1-5H,6-10H2. The maximum absolute atomic E-state index is 2.25. The van der Waals surface area contributed by atoms with E-state index >= 15 is 0 Å². The Labute approximate surface area is 63.6 Å². The first kappa shape index (κ1) is 7.59. The summed E-state index contributed by atoms with van der Waals surface area (Å²) in [5.41, 5.74) is 0. The Morgan fingerprint density at radius 2 is 1.60 bits per heavy atom. The van der Waals surface area contributed by atoms with E-state index in [2.05, 4.69) is 30.7 Å². The number of hydrogen-bond acceptors (Lipinski definition) is 0. The van der Waals surface area contributed by atoms with Crippen LogP contribution >= 0.6 is 0 Å². The van der Waals surface area contributed by atoms with Gasteiger partial charge in [0.15, 0.2) is 0 Å². The lowest BCUT2D eigenvalue weighted by atomic mass is 10.1. The van der Waals surface area contributed by atoms with E-state index in [1.165, 1.54) is 32.1 Å². The van der Waals surface area contributed by atoms with E-state index in [-0.39, 0.29) is 0 Å². The van der Waals surface area contributed by atoms with Crippen molar-refractivity contribution in [3.8, 4) is 0 Å². The van der Waals surface area contributed by atoms with Crippen LogP contribution in [0.25, 0.3) is 0 Å². The van der Waals surface area contributed by atoms with Gasteiger partial charge in [0.05, 0.1) is 0 Å². The molecule has 0 aromatic rings. The first-order chi connectivity index (χ1) is 5.00. The number of hydrogen-bond donors (Lipinski definition) is 0. The van der Waals surface area contributed by atoms with Crippen LogP contribution in [0.2, 0.25) is 0 Å². The van der Waals surface area contributed by atoms with E-state index in [0.717, 1.165) is 0 Å². The maximum atomic E-state index is 2.25. The first-order valence-electron chi connectivity index (χ1n) is 4.15. The van der Waals surface area contributed by atoms with E-state index in [1.54, 1.807) is 0 Å². The Kier molecular flexibility index (Phi) is 4.00. The Balaban J connectivity index is 2.26. The van der Waals surface area contributed by atoms with Gasteiger partial charge in [-0.25, -0.2) is 0 Å². The number of rotatable bonds is 0. The molecule has 0 nitrogen and oxygen atoms in total. The molecule has 55 valence electrons. The molecule has 1 aliphatic carbocycles. The summed E-state index contributed by atoms with van der Waals surface area (Å²) in [7, 11) is 0. The van der Waals surface area contributed by atoms with E-state index < -0.39 is 0 Å². The third-order valence-electron chi connectivity index (χ3n) is 1.74. The minimum absolute atomic E-state index is 1.25. The van der Waals surface area contributed by atoms with Gasteiger partial charge < -0.3 is 0 Å². The summed E-state index contributed by atoms with van der Waals surface area (Å²) >= 11 is 0. The quantitative estimate of drug-likeness (QED) is 0.478. The average Bonchev–Trinajstić information content (AvgIpc) is 2.01. The summed E-state index contributed by atoms with van der Waals surface area (Å²) in [5.74, 6) is 0. The van der Waals surface area contributed by atoms with E-state index in [4.69, 9.17) is 0 Å². The average molecular weight is 135 g/mol. The molecule has 0 saturated carbocycles. The molecule has 0 saturated heterocycles. The summed E-state index contributed by atoms with van der Waals surface area (Å²) < 4.78 is 0. The fourth-order valence-corrected chi connectivity index (χ4v) is 1.11. The van der Waals surface area contributed by atoms with Crippen molar-refractivity contribution in [1.82, 2.24) is 0 Å². The second kappa shape index (κ2) is 5.28. The zero-order valence-electron chi connectivity index (χ0n) is 6.42. The maximum Gasteiger partial charge on any atom is -0.0167 e. The van der Waals surface area contributed by atoms with Gasteiger partial charge in [0, 0.05) is 0 Å². The van der Waals surface area contributed by atoms with Gasteiger partial charge in [-0.15, -0.1) is 0 Å². The lowest BCUT2D eigenvalue weighted by Gasteiger charge is -1.97. The summed E-state index contributed by atoms with van der Waals surface area (Å²) in [6, 6.07) is 0. The molecule has 10 heavy (non-hydrogen) atoms. The molecule has 0 N–H and O–H groups in total. The SMILES string of the molecule is [CH]1C=CC=CCCCCC1. The third kappa shape index (κ3) is 3.49. The zero-order chi connectivity index (χ0) is 7.07. The van der Waals surface area contributed by atoms with Crippen molar-refractivity contribution in [3.05, 3.63) is 30.7 Å². The van der Waals surface area contributed by atoms with Crippen LogP contribution in [-0.4, -0.2) is 0 Å². The molecule has 0 unspecified atom stereocenters. The van der Waals surface area contributed by atoms with Gasteiger partial charge in [0.25, 0.3) is 0 Å². The molecule has 0 aromatic carbocycles. The largest absolute Gasteiger partial charge is 0.0845 e. The van der Waals surface area contributed by atoms with Gasteiger partial charge in [0.2, 0.25) is 0 Å². The molecule has 0 bridgehead atoms. The fraction of sp³-hybridized carbons (Fsp3) is 0.500. The van der Waals surface area contributed by atoms with E-state index in [1.807, 2.05) is 0 Å². The third-order valence-corrected chi connectivity index (χ3v) is 1.74. The molecular formula is C10H15. The van der Waals surface area contributed by atoms with Crippen molar-refractivity contribution in [1.29, 1.82) is 0 Å². The van der Waals surface area contributed by atoms with Crippen LogP contribution in [0.4, 0.5) is 0 Å². The van der Waals surface area contributed by atoms with Gasteiger partial charge in [-0.2, -0.15) is 0 Å². The summed E-state index contributed by atoms with van der Waals surface area (Å²) in [5, 5.41) is 0. The lowest BCUT2D eigenvalue weighted by molar-refractivity contribution is 0.685. The van der Waals surface area contributed by atoms with Gasteiger partial charge in [-0.3, -0.25) is 0 Å². The molecule has 0 aliphatic heterocycles. The highest BCUT2D eigenvalue weighted by Crippen LogP contribution is 2.07. The Hall–Kier alpha value is -0.520. The highest BCUT2D eigenvalue weighted by Gasteiger charge is 1.88. The molecule has 0 aromatic heterocycles. The minimum Gasteiger partial charge on any atom is -0.0845 e. The normalized spacial score (nSPS) is 20.8. The smallest absolute Gasteiger partial charge is 0.0167 e. The molecule has 1 radical (unpaired) electrons. The van der Waals surface area contributed by atoms with Crippen molar-refractivity contribution in [3.63, 3.8) is 0 Å². The first-order valence-corrected chi connectivity index (χ1v) is 4.15. The molecular weight excluding hydrogens is 120 g/mol. The van der Waals surface area contributed by atoms with Crippen LogP contribution < -0.4 is 0 Å². The van der Waals surface area contributed by atoms with Crippen molar-refractivity contribution in [2.75, 3.05) is 0 Å². The second-order valence-electron chi connectivity index (χ2n) is 2.69. The summed E-state index contributed by atoms with van der Waals surface area (Å²) in [6.45, 7) is 0. The van der Waals surface area contributed by atoms with E-state index in [9.17, 15) is 0 Å². The van der Waals surface area contributed by atoms with E-state index in [0.29, 0.717) is 0 Å². The Morgan fingerprint density at radius 1 is 0.700 bits per heavy atom. The van der Waals surface area contributed by atoms with Crippen LogP contribution in [-0.2, 0) is 0 Å². The van der Waals surface area contributed by atoms with Gasteiger partial charge in [-0.05, 0) is 25.7 Å². The Bertz CT molecular complexity index is 104. The summed E-state index contributed by atoms with van der Waals surface area (Å²) in [6.07, 6.45) is 17.5. The van der Waals surface area contributed by atoms with Crippen LogP contribution in [0.1, 0.15) is 32.1 Å². The number of allylic oxidation sites excluding steroid dienone is 4. The molecule has 1 aliphatic rings. The van der Waals surface area contributed by atoms with Crippen LogP contribution in [0, 0.1) is 6.42 Å². The molecule has 0 heterocycles. The van der Waals surface area contributed by atoms with Crippen molar-refractivity contribution >= 4 is 0 Å².